The van der Waals surface area contributed by atoms with Crippen LogP contribution in [0.5, 0.6) is 0 Å². The number of aromatic nitrogens is 1. The fraction of sp³-hybridized carbons (Fsp3) is 0.214. The standard InChI is InChI=1S/C14H15N3/c1-17-10-7-12-13(3-2-4-14(12)17)16-11-5-8-15-9-6-11/h2-6,8-9H,7,10H2,1H3,(H,15,16). The van der Waals surface area contributed by atoms with Crippen molar-refractivity contribution in [3.63, 3.8) is 0 Å². The second-order valence-corrected chi connectivity index (χ2v) is 4.34. The van der Waals surface area contributed by atoms with E-state index >= 15 is 0 Å². The molecule has 0 unspecified atom stereocenters. The second-order valence-electron chi connectivity index (χ2n) is 4.34. The van der Waals surface area contributed by atoms with Gasteiger partial charge in [0.25, 0.3) is 0 Å². The maximum Gasteiger partial charge on any atom is 0.0438 e. The smallest absolute Gasteiger partial charge is 0.0438 e. The fourth-order valence-electron chi connectivity index (χ4n) is 2.30. The molecule has 3 heteroatoms. The van der Waals surface area contributed by atoms with Gasteiger partial charge in [-0.1, -0.05) is 6.07 Å². The number of pyridine rings is 1. The largest absolute Gasteiger partial charge is 0.374 e. The maximum atomic E-state index is 4.02. The van der Waals surface area contributed by atoms with Gasteiger partial charge >= 0.3 is 0 Å². The van der Waals surface area contributed by atoms with E-state index in [1.807, 2.05) is 12.1 Å². The van der Waals surface area contributed by atoms with Crippen molar-refractivity contribution in [3.8, 4) is 0 Å². The van der Waals surface area contributed by atoms with Gasteiger partial charge in [0.1, 0.15) is 0 Å². The molecule has 2 aromatic rings. The first kappa shape index (κ1) is 10.1. The summed E-state index contributed by atoms with van der Waals surface area (Å²) in [6.07, 6.45) is 4.72. The lowest BCUT2D eigenvalue weighted by Gasteiger charge is -2.14. The second kappa shape index (κ2) is 4.09. The number of rotatable bonds is 2. The van der Waals surface area contributed by atoms with Crippen molar-refractivity contribution in [2.24, 2.45) is 0 Å². The molecule has 0 saturated carbocycles. The van der Waals surface area contributed by atoms with Crippen molar-refractivity contribution in [1.82, 2.24) is 4.98 Å². The Morgan fingerprint density at radius 3 is 2.82 bits per heavy atom. The van der Waals surface area contributed by atoms with Gasteiger partial charge in [-0.05, 0) is 30.7 Å². The van der Waals surface area contributed by atoms with Crippen LogP contribution in [0.2, 0.25) is 0 Å². The molecule has 0 aliphatic carbocycles. The first-order valence-corrected chi connectivity index (χ1v) is 5.85. The van der Waals surface area contributed by atoms with Crippen LogP contribution in [0.4, 0.5) is 17.1 Å². The number of hydrogen-bond acceptors (Lipinski definition) is 3. The molecule has 2 heterocycles. The normalized spacial score (nSPS) is 13.6. The molecular formula is C14H15N3. The highest BCUT2D eigenvalue weighted by Gasteiger charge is 2.18. The predicted molar refractivity (Wildman–Crippen MR) is 70.9 cm³/mol. The van der Waals surface area contributed by atoms with E-state index in [2.05, 4.69) is 40.4 Å². The number of nitrogens with zero attached hydrogens (tertiary/aromatic N) is 2. The number of likely N-dealkylation sites (N-methyl/N-ethyl adjacent to an activating group) is 1. The summed E-state index contributed by atoms with van der Waals surface area (Å²) in [5.74, 6) is 0. The van der Waals surface area contributed by atoms with Gasteiger partial charge in [0.15, 0.2) is 0 Å². The highest BCUT2D eigenvalue weighted by atomic mass is 15.1. The minimum Gasteiger partial charge on any atom is -0.374 e. The van der Waals surface area contributed by atoms with Gasteiger partial charge in [-0.2, -0.15) is 0 Å². The predicted octanol–water partition coefficient (Wildman–Crippen LogP) is 2.82. The van der Waals surface area contributed by atoms with E-state index in [0.717, 1.165) is 18.7 Å². The molecule has 1 aromatic carbocycles. The molecule has 0 amide bonds. The third-order valence-electron chi connectivity index (χ3n) is 3.22. The number of anilines is 3. The van der Waals surface area contributed by atoms with Crippen molar-refractivity contribution in [2.75, 3.05) is 23.8 Å². The lowest BCUT2D eigenvalue weighted by molar-refractivity contribution is 0.956. The molecule has 0 radical (unpaired) electrons. The molecule has 86 valence electrons. The van der Waals surface area contributed by atoms with Crippen LogP contribution < -0.4 is 10.2 Å². The van der Waals surface area contributed by atoms with Crippen LogP contribution >= 0.6 is 0 Å². The van der Waals surface area contributed by atoms with Crippen LogP contribution in [-0.4, -0.2) is 18.6 Å². The summed E-state index contributed by atoms with van der Waals surface area (Å²) in [4.78, 5) is 6.32. The van der Waals surface area contributed by atoms with Crippen molar-refractivity contribution in [2.45, 2.75) is 6.42 Å². The minimum atomic E-state index is 1.09. The Morgan fingerprint density at radius 2 is 2.00 bits per heavy atom. The summed E-state index contributed by atoms with van der Waals surface area (Å²) in [6, 6.07) is 10.4. The molecule has 0 spiro atoms. The third-order valence-corrected chi connectivity index (χ3v) is 3.22. The van der Waals surface area contributed by atoms with Crippen LogP contribution in [0.1, 0.15) is 5.56 Å². The summed E-state index contributed by atoms with van der Waals surface area (Å²) in [6.45, 7) is 1.10. The maximum absolute atomic E-state index is 4.02. The Kier molecular flexibility index (Phi) is 2.44. The number of fused-ring (bicyclic) bond motifs is 1. The van der Waals surface area contributed by atoms with Crippen LogP contribution in [0, 0.1) is 0 Å². The molecular weight excluding hydrogens is 210 g/mol. The van der Waals surface area contributed by atoms with E-state index in [0.29, 0.717) is 0 Å². The first-order chi connectivity index (χ1) is 8.34. The molecule has 3 rings (SSSR count). The lowest BCUT2D eigenvalue weighted by atomic mass is 10.1. The van der Waals surface area contributed by atoms with Crippen molar-refractivity contribution < 1.29 is 0 Å². The van der Waals surface area contributed by atoms with Gasteiger partial charge in [0.05, 0.1) is 0 Å². The number of nitrogens with one attached hydrogen (secondary N) is 1. The van der Waals surface area contributed by atoms with Gasteiger partial charge < -0.3 is 10.2 Å². The van der Waals surface area contributed by atoms with Crippen molar-refractivity contribution >= 4 is 17.1 Å². The van der Waals surface area contributed by atoms with Crippen molar-refractivity contribution in [3.05, 3.63) is 48.3 Å². The van der Waals surface area contributed by atoms with E-state index in [-0.39, 0.29) is 0 Å². The van der Waals surface area contributed by atoms with E-state index < -0.39 is 0 Å². The van der Waals surface area contributed by atoms with Gasteiger partial charge in [-0.25, -0.2) is 0 Å². The molecule has 1 N–H and O–H groups in total. The molecule has 17 heavy (non-hydrogen) atoms. The number of hydrogen-bond donors (Lipinski definition) is 1. The highest BCUT2D eigenvalue weighted by molar-refractivity contribution is 5.73. The summed E-state index contributed by atoms with van der Waals surface area (Å²) < 4.78 is 0. The van der Waals surface area contributed by atoms with Gasteiger partial charge in [0.2, 0.25) is 0 Å². The highest BCUT2D eigenvalue weighted by Crippen LogP contribution is 2.33. The van der Waals surface area contributed by atoms with Crippen LogP contribution in [0.15, 0.2) is 42.7 Å². The van der Waals surface area contributed by atoms with Gasteiger partial charge in [-0.15, -0.1) is 0 Å². The van der Waals surface area contributed by atoms with E-state index in [4.69, 9.17) is 0 Å². The van der Waals surface area contributed by atoms with Crippen molar-refractivity contribution in [1.29, 1.82) is 0 Å². The van der Waals surface area contributed by atoms with Crippen LogP contribution in [0.25, 0.3) is 0 Å². The molecule has 0 saturated heterocycles. The summed E-state index contributed by atoms with van der Waals surface area (Å²) >= 11 is 0. The van der Waals surface area contributed by atoms with E-state index in [1.165, 1.54) is 16.9 Å². The molecule has 1 aliphatic heterocycles. The summed E-state index contributed by atoms with van der Waals surface area (Å²) in [7, 11) is 2.14. The van der Waals surface area contributed by atoms with Gasteiger partial charge in [-0.3, -0.25) is 4.98 Å². The Morgan fingerprint density at radius 1 is 1.18 bits per heavy atom. The Bertz CT molecular complexity index is 522. The average Bonchev–Trinajstić information content (AvgIpc) is 2.74. The zero-order valence-corrected chi connectivity index (χ0v) is 9.85. The molecule has 0 bridgehead atoms. The first-order valence-electron chi connectivity index (χ1n) is 5.85. The summed E-state index contributed by atoms with van der Waals surface area (Å²) in [5, 5.41) is 3.46. The molecule has 3 nitrogen and oxygen atoms in total. The molecule has 0 fully saturated rings. The minimum absolute atomic E-state index is 1.09. The third kappa shape index (κ3) is 1.84. The fourth-order valence-corrected chi connectivity index (χ4v) is 2.30. The lowest BCUT2D eigenvalue weighted by Crippen LogP contribution is -2.12. The topological polar surface area (TPSA) is 28.2 Å². The number of benzene rings is 1. The zero-order valence-electron chi connectivity index (χ0n) is 9.85. The molecule has 1 aliphatic rings. The summed E-state index contributed by atoms with van der Waals surface area (Å²) in [5.41, 5.74) is 5.04. The van der Waals surface area contributed by atoms with E-state index in [1.54, 1.807) is 12.4 Å². The van der Waals surface area contributed by atoms with Crippen LogP contribution in [-0.2, 0) is 6.42 Å². The zero-order chi connectivity index (χ0) is 11.7. The Hall–Kier alpha value is -2.03. The average molecular weight is 225 g/mol. The molecule has 1 aromatic heterocycles. The monoisotopic (exact) mass is 225 g/mol. The van der Waals surface area contributed by atoms with E-state index in [9.17, 15) is 0 Å². The Labute approximate surface area is 101 Å². The quantitative estimate of drug-likeness (QED) is 0.851. The molecule has 0 atom stereocenters. The van der Waals surface area contributed by atoms with Gasteiger partial charge in [0, 0.05) is 48.6 Å². The van der Waals surface area contributed by atoms with Crippen LogP contribution in [0.3, 0.4) is 0 Å². The SMILES string of the molecule is CN1CCc2c(Nc3ccncc3)cccc21. The Balaban J connectivity index is 1.95.